The minimum Gasteiger partial charge on any atom is -0.339 e. The normalized spacial score (nSPS) is 21.9. The Morgan fingerprint density at radius 2 is 2.00 bits per heavy atom. The van der Waals surface area contributed by atoms with Crippen LogP contribution in [-0.4, -0.2) is 22.6 Å². The van der Waals surface area contributed by atoms with Crippen molar-refractivity contribution in [2.24, 2.45) is 5.73 Å². The molecule has 1 amide bonds. The summed E-state index contributed by atoms with van der Waals surface area (Å²) in [5, 5.41) is 4.13. The van der Waals surface area contributed by atoms with E-state index in [1.54, 1.807) is 0 Å². The summed E-state index contributed by atoms with van der Waals surface area (Å²) in [5.41, 5.74) is 9.24. The molecule has 6 nitrogen and oxygen atoms in total. The zero-order valence-electron chi connectivity index (χ0n) is 15.2. The zero-order valence-corrected chi connectivity index (χ0v) is 16.0. The van der Waals surface area contributed by atoms with Crippen LogP contribution in [0.3, 0.4) is 0 Å². The van der Waals surface area contributed by atoms with Gasteiger partial charge in [0.05, 0.1) is 11.5 Å². The second kappa shape index (κ2) is 7.00. The fourth-order valence-electron chi connectivity index (χ4n) is 3.97. The number of hydrogen-bond donors (Lipinski definition) is 1. The van der Waals surface area contributed by atoms with Gasteiger partial charge in [0.15, 0.2) is 5.82 Å². The molecule has 1 unspecified atom stereocenters. The summed E-state index contributed by atoms with van der Waals surface area (Å²) in [4.78, 5) is 19.0. The molecule has 1 aromatic carbocycles. The van der Waals surface area contributed by atoms with E-state index in [1.165, 1.54) is 5.56 Å². The number of carbonyl (C=O) groups is 1. The van der Waals surface area contributed by atoms with Crippen molar-refractivity contribution in [2.75, 3.05) is 11.4 Å². The lowest BCUT2D eigenvalue weighted by Gasteiger charge is -2.20. The van der Waals surface area contributed by atoms with Gasteiger partial charge in [0.25, 0.3) is 0 Å². The number of anilines is 1. The topological polar surface area (TPSA) is 85.2 Å². The van der Waals surface area contributed by atoms with Crippen molar-refractivity contribution in [3.05, 3.63) is 41.0 Å². The molecule has 26 heavy (non-hydrogen) atoms. The molecule has 1 aromatic heterocycles. The van der Waals surface area contributed by atoms with Crippen LogP contribution in [0.25, 0.3) is 0 Å². The molecule has 1 saturated carbocycles. The lowest BCUT2D eigenvalue weighted by Crippen LogP contribution is -2.34. The summed E-state index contributed by atoms with van der Waals surface area (Å²) >= 11 is 0. The first-order chi connectivity index (χ1) is 12.0. The predicted octanol–water partition coefficient (Wildman–Crippen LogP) is 3.36. The Bertz CT molecular complexity index is 814. The molecule has 0 spiro atoms. The summed E-state index contributed by atoms with van der Waals surface area (Å²) in [6.45, 7) is 4.68. The lowest BCUT2D eigenvalue weighted by atomic mass is 9.98. The van der Waals surface area contributed by atoms with E-state index in [1.807, 2.05) is 24.0 Å². The number of hydrogen-bond acceptors (Lipinski definition) is 5. The molecular formula is C19H25ClN4O2. The van der Waals surface area contributed by atoms with Crippen LogP contribution in [0.1, 0.15) is 60.9 Å². The molecule has 2 heterocycles. The molecule has 2 N–H and O–H groups in total. The van der Waals surface area contributed by atoms with Crippen molar-refractivity contribution < 1.29 is 9.32 Å². The van der Waals surface area contributed by atoms with Crippen molar-refractivity contribution in [1.29, 1.82) is 0 Å². The quantitative estimate of drug-likeness (QED) is 0.887. The van der Waals surface area contributed by atoms with Crippen molar-refractivity contribution >= 4 is 24.0 Å². The maximum absolute atomic E-state index is 12.6. The minimum atomic E-state index is -0.461. The molecule has 0 bridgehead atoms. The summed E-state index contributed by atoms with van der Waals surface area (Å²) in [6.07, 6.45) is 4.38. The Kier molecular flexibility index (Phi) is 5.08. The summed E-state index contributed by atoms with van der Waals surface area (Å²) in [5.74, 6) is 1.16. The van der Waals surface area contributed by atoms with Gasteiger partial charge in [0.1, 0.15) is 0 Å². The largest absolute Gasteiger partial charge is 0.339 e. The van der Waals surface area contributed by atoms with E-state index in [9.17, 15) is 4.79 Å². The van der Waals surface area contributed by atoms with Crippen LogP contribution >= 0.6 is 12.4 Å². The third-order valence-electron chi connectivity index (χ3n) is 5.72. The second-order valence-corrected chi connectivity index (χ2v) is 7.44. The molecule has 1 saturated heterocycles. The Hall–Kier alpha value is -1.92. The van der Waals surface area contributed by atoms with Gasteiger partial charge >= 0.3 is 0 Å². The SMILES string of the molecule is Cc1cccc(N2CC(c3nc(C4(N)CCCC4)no3)CC2=O)c1C.Cl. The number of benzene rings is 1. The lowest BCUT2D eigenvalue weighted by molar-refractivity contribution is -0.117. The number of nitrogens with zero attached hydrogens (tertiary/aromatic N) is 3. The van der Waals surface area contributed by atoms with Gasteiger partial charge < -0.3 is 15.2 Å². The minimum absolute atomic E-state index is 0. The monoisotopic (exact) mass is 376 g/mol. The van der Waals surface area contributed by atoms with Crippen LogP contribution < -0.4 is 10.6 Å². The second-order valence-electron chi connectivity index (χ2n) is 7.44. The highest BCUT2D eigenvalue weighted by atomic mass is 35.5. The van der Waals surface area contributed by atoms with E-state index >= 15 is 0 Å². The Balaban J connectivity index is 0.00000196. The molecule has 4 rings (SSSR count). The van der Waals surface area contributed by atoms with Gasteiger partial charge in [0, 0.05) is 18.7 Å². The van der Waals surface area contributed by atoms with Gasteiger partial charge in [0.2, 0.25) is 11.8 Å². The molecule has 0 radical (unpaired) electrons. The molecule has 1 atom stereocenters. The van der Waals surface area contributed by atoms with Crippen molar-refractivity contribution in [3.8, 4) is 0 Å². The number of aromatic nitrogens is 2. The number of nitrogens with two attached hydrogens (primary N) is 1. The molecule has 1 aliphatic heterocycles. The van der Waals surface area contributed by atoms with Crippen LogP contribution in [0.4, 0.5) is 5.69 Å². The van der Waals surface area contributed by atoms with Gasteiger partial charge in [-0.2, -0.15) is 4.98 Å². The first-order valence-electron chi connectivity index (χ1n) is 8.97. The molecule has 140 valence electrons. The fraction of sp³-hybridized carbons (Fsp3) is 0.526. The van der Waals surface area contributed by atoms with E-state index in [0.717, 1.165) is 36.9 Å². The van der Waals surface area contributed by atoms with E-state index in [4.69, 9.17) is 10.3 Å². The van der Waals surface area contributed by atoms with Crippen LogP contribution in [-0.2, 0) is 10.3 Å². The van der Waals surface area contributed by atoms with Crippen molar-refractivity contribution in [2.45, 2.75) is 57.4 Å². The molecule has 2 fully saturated rings. The highest BCUT2D eigenvalue weighted by molar-refractivity contribution is 5.97. The number of aryl methyl sites for hydroxylation is 1. The molecular weight excluding hydrogens is 352 g/mol. The van der Waals surface area contributed by atoms with Gasteiger partial charge in [-0.15, -0.1) is 12.4 Å². The summed E-state index contributed by atoms with van der Waals surface area (Å²) in [7, 11) is 0. The third-order valence-corrected chi connectivity index (χ3v) is 5.72. The van der Waals surface area contributed by atoms with E-state index in [0.29, 0.717) is 24.7 Å². The molecule has 2 aromatic rings. The number of halogens is 1. The summed E-state index contributed by atoms with van der Waals surface area (Å²) < 4.78 is 5.49. The van der Waals surface area contributed by atoms with Gasteiger partial charge in [-0.05, 0) is 43.9 Å². The molecule has 7 heteroatoms. The Labute approximate surface area is 159 Å². The highest BCUT2D eigenvalue weighted by Crippen LogP contribution is 2.37. The van der Waals surface area contributed by atoms with Crippen LogP contribution in [0.5, 0.6) is 0 Å². The first kappa shape index (κ1) is 18.9. The average Bonchev–Trinajstić information content (AvgIpc) is 3.30. The molecule has 1 aliphatic carbocycles. The summed E-state index contributed by atoms with van der Waals surface area (Å²) in [6, 6.07) is 6.04. The van der Waals surface area contributed by atoms with E-state index in [-0.39, 0.29) is 24.2 Å². The van der Waals surface area contributed by atoms with Crippen molar-refractivity contribution in [3.63, 3.8) is 0 Å². The van der Waals surface area contributed by atoms with Crippen molar-refractivity contribution in [1.82, 2.24) is 10.1 Å². The smallest absolute Gasteiger partial charge is 0.232 e. The maximum atomic E-state index is 12.6. The number of rotatable bonds is 3. The number of carbonyl (C=O) groups excluding carboxylic acids is 1. The number of amides is 1. The predicted molar refractivity (Wildman–Crippen MR) is 102 cm³/mol. The van der Waals surface area contributed by atoms with E-state index in [2.05, 4.69) is 23.1 Å². The molecule has 2 aliphatic rings. The van der Waals surface area contributed by atoms with E-state index < -0.39 is 5.54 Å². The van der Waals surface area contributed by atoms with Crippen LogP contribution in [0.15, 0.2) is 22.7 Å². The maximum Gasteiger partial charge on any atom is 0.232 e. The Morgan fingerprint density at radius 3 is 2.73 bits per heavy atom. The van der Waals surface area contributed by atoms with Gasteiger partial charge in [-0.25, -0.2) is 0 Å². The van der Waals surface area contributed by atoms with Crippen LogP contribution in [0, 0.1) is 13.8 Å². The average molecular weight is 377 g/mol. The van der Waals surface area contributed by atoms with Gasteiger partial charge in [-0.1, -0.05) is 30.1 Å². The van der Waals surface area contributed by atoms with Gasteiger partial charge in [-0.3, -0.25) is 4.79 Å². The first-order valence-corrected chi connectivity index (χ1v) is 8.97. The Morgan fingerprint density at radius 1 is 1.27 bits per heavy atom. The standard InChI is InChI=1S/C19H24N4O2.ClH/c1-12-6-5-7-15(13(12)2)23-11-14(10-16(23)24)17-21-18(22-25-17)19(20)8-3-4-9-19;/h5-7,14H,3-4,8-11,20H2,1-2H3;1H. The fourth-order valence-corrected chi connectivity index (χ4v) is 3.97. The third kappa shape index (κ3) is 3.12. The van der Waals surface area contributed by atoms with Crippen LogP contribution in [0.2, 0.25) is 0 Å². The zero-order chi connectivity index (χ0) is 17.6. The highest BCUT2D eigenvalue weighted by Gasteiger charge is 2.39.